The van der Waals surface area contributed by atoms with E-state index < -0.39 is 0 Å². The van der Waals surface area contributed by atoms with E-state index >= 15 is 0 Å². The molecule has 0 fully saturated rings. The summed E-state index contributed by atoms with van der Waals surface area (Å²) in [4.78, 5) is 11.3. The van der Waals surface area contributed by atoms with Gasteiger partial charge in [-0.15, -0.1) is 0 Å². The van der Waals surface area contributed by atoms with Crippen LogP contribution >= 0.6 is 0 Å². The first-order valence-electron chi connectivity index (χ1n) is 4.49. The van der Waals surface area contributed by atoms with E-state index in [1.807, 2.05) is 6.07 Å². The second-order valence-electron chi connectivity index (χ2n) is 3.20. The number of nitrogens with one attached hydrogen (secondary N) is 1. The van der Waals surface area contributed by atoms with Crippen molar-refractivity contribution in [2.24, 2.45) is 11.7 Å². The molecule has 13 heavy (non-hydrogen) atoms. The van der Waals surface area contributed by atoms with E-state index in [2.05, 4.69) is 5.32 Å². The Hall–Kier alpha value is -1.08. The molecule has 1 amide bonds. The van der Waals surface area contributed by atoms with Crippen LogP contribution in [0.25, 0.3) is 0 Å². The molecule has 74 valence electrons. The Morgan fingerprint density at radius 1 is 1.62 bits per heavy atom. The van der Waals surface area contributed by atoms with E-state index in [1.165, 1.54) is 0 Å². The van der Waals surface area contributed by atoms with Crippen molar-refractivity contribution in [2.75, 3.05) is 6.54 Å². The van der Waals surface area contributed by atoms with Gasteiger partial charge in [0.15, 0.2) is 0 Å². The second kappa shape index (κ2) is 6.44. The van der Waals surface area contributed by atoms with Crippen LogP contribution in [0.15, 0.2) is 0 Å². The van der Waals surface area contributed by atoms with Crippen LogP contribution in [0.2, 0.25) is 0 Å². The van der Waals surface area contributed by atoms with E-state index in [1.54, 1.807) is 13.8 Å². The lowest BCUT2D eigenvalue weighted by Crippen LogP contribution is -2.38. The number of hydrogen-bond donors (Lipinski definition) is 2. The highest BCUT2D eigenvalue weighted by atomic mass is 16.1. The number of nitriles is 1. The zero-order valence-corrected chi connectivity index (χ0v) is 8.21. The van der Waals surface area contributed by atoms with Gasteiger partial charge in [0.1, 0.15) is 0 Å². The van der Waals surface area contributed by atoms with Crippen molar-refractivity contribution < 1.29 is 4.79 Å². The number of nitrogens with zero attached hydrogens (tertiary/aromatic N) is 1. The third-order valence-corrected chi connectivity index (χ3v) is 1.97. The normalized spacial score (nSPS) is 14.3. The van der Waals surface area contributed by atoms with Crippen LogP contribution in [0.5, 0.6) is 0 Å². The van der Waals surface area contributed by atoms with Gasteiger partial charge in [-0.2, -0.15) is 5.26 Å². The Labute approximate surface area is 79.1 Å². The Balaban J connectivity index is 3.57. The standard InChI is InChI=1S/C9H17N3O/c1-7(8(2)11)9(13)12-6-4-3-5-10/h7-8H,3-4,6,11H2,1-2H3,(H,12,13). The number of carbonyl (C=O) groups is 1. The summed E-state index contributed by atoms with van der Waals surface area (Å²) in [7, 11) is 0. The highest BCUT2D eigenvalue weighted by Gasteiger charge is 2.15. The van der Waals surface area contributed by atoms with Crippen molar-refractivity contribution in [2.45, 2.75) is 32.7 Å². The number of hydrogen-bond acceptors (Lipinski definition) is 3. The summed E-state index contributed by atoms with van der Waals surface area (Å²) in [5, 5.41) is 11.0. The minimum atomic E-state index is -0.165. The molecule has 0 aliphatic heterocycles. The first-order chi connectivity index (χ1) is 6.09. The maximum Gasteiger partial charge on any atom is 0.224 e. The SMILES string of the molecule is CC(N)C(C)C(=O)NCCCC#N. The molecule has 0 spiro atoms. The van der Waals surface area contributed by atoms with Gasteiger partial charge in [-0.25, -0.2) is 0 Å². The molecule has 0 radical (unpaired) electrons. The quantitative estimate of drug-likeness (QED) is 0.605. The molecule has 0 aromatic rings. The van der Waals surface area contributed by atoms with Gasteiger partial charge in [0.05, 0.1) is 6.07 Å². The predicted octanol–water partition coefficient (Wildman–Crippen LogP) is 0.390. The Kier molecular flexibility index (Phi) is 5.90. The molecular weight excluding hydrogens is 166 g/mol. The molecule has 0 aromatic carbocycles. The largest absolute Gasteiger partial charge is 0.356 e. The van der Waals surface area contributed by atoms with E-state index in [4.69, 9.17) is 11.0 Å². The van der Waals surface area contributed by atoms with Gasteiger partial charge in [0, 0.05) is 24.9 Å². The summed E-state index contributed by atoms with van der Waals surface area (Å²) in [5.41, 5.74) is 5.55. The molecule has 0 heterocycles. The van der Waals surface area contributed by atoms with Crippen LogP contribution in [0, 0.1) is 17.2 Å². The van der Waals surface area contributed by atoms with Gasteiger partial charge in [-0.05, 0) is 13.3 Å². The average molecular weight is 183 g/mol. The predicted molar refractivity (Wildman–Crippen MR) is 50.7 cm³/mol. The fourth-order valence-corrected chi connectivity index (χ4v) is 0.779. The van der Waals surface area contributed by atoms with Gasteiger partial charge in [-0.1, -0.05) is 6.92 Å². The Morgan fingerprint density at radius 3 is 2.69 bits per heavy atom. The Morgan fingerprint density at radius 2 is 2.23 bits per heavy atom. The minimum absolute atomic E-state index is 0.0343. The molecule has 4 heteroatoms. The van der Waals surface area contributed by atoms with Crippen LogP contribution in [-0.4, -0.2) is 18.5 Å². The Bertz CT molecular complexity index is 196. The van der Waals surface area contributed by atoms with Crippen molar-refractivity contribution in [3.05, 3.63) is 0 Å². The number of unbranched alkanes of at least 4 members (excludes halogenated alkanes) is 1. The molecule has 0 aromatic heterocycles. The summed E-state index contributed by atoms with van der Waals surface area (Å²) in [5.74, 6) is -0.199. The molecule has 0 saturated carbocycles. The first-order valence-corrected chi connectivity index (χ1v) is 4.49. The molecule has 0 saturated heterocycles. The van der Waals surface area contributed by atoms with E-state index in [0.29, 0.717) is 19.4 Å². The van der Waals surface area contributed by atoms with Crippen molar-refractivity contribution in [1.82, 2.24) is 5.32 Å². The fraction of sp³-hybridized carbons (Fsp3) is 0.778. The molecule has 0 rings (SSSR count). The molecule has 2 unspecified atom stereocenters. The maximum atomic E-state index is 11.3. The highest BCUT2D eigenvalue weighted by Crippen LogP contribution is 1.99. The third-order valence-electron chi connectivity index (χ3n) is 1.97. The lowest BCUT2D eigenvalue weighted by Gasteiger charge is -2.14. The molecule has 4 nitrogen and oxygen atoms in total. The molecule has 0 bridgehead atoms. The second-order valence-corrected chi connectivity index (χ2v) is 3.20. The summed E-state index contributed by atoms with van der Waals surface area (Å²) in [6.45, 7) is 4.16. The van der Waals surface area contributed by atoms with Gasteiger partial charge in [0.25, 0.3) is 0 Å². The zero-order chi connectivity index (χ0) is 10.3. The van der Waals surface area contributed by atoms with Crippen LogP contribution in [-0.2, 0) is 4.79 Å². The van der Waals surface area contributed by atoms with Crippen molar-refractivity contribution >= 4 is 5.91 Å². The van der Waals surface area contributed by atoms with Crippen LogP contribution < -0.4 is 11.1 Å². The topological polar surface area (TPSA) is 78.9 Å². The van der Waals surface area contributed by atoms with Crippen molar-refractivity contribution in [3.8, 4) is 6.07 Å². The number of carbonyl (C=O) groups excluding carboxylic acids is 1. The van der Waals surface area contributed by atoms with Crippen molar-refractivity contribution in [3.63, 3.8) is 0 Å². The molecular formula is C9H17N3O. The minimum Gasteiger partial charge on any atom is -0.356 e. The smallest absolute Gasteiger partial charge is 0.224 e. The fourth-order valence-electron chi connectivity index (χ4n) is 0.779. The van der Waals surface area contributed by atoms with Gasteiger partial charge < -0.3 is 11.1 Å². The lowest BCUT2D eigenvalue weighted by molar-refractivity contribution is -0.124. The lowest BCUT2D eigenvalue weighted by atomic mass is 10.0. The monoisotopic (exact) mass is 183 g/mol. The third kappa shape index (κ3) is 5.21. The zero-order valence-electron chi connectivity index (χ0n) is 8.21. The van der Waals surface area contributed by atoms with Gasteiger partial charge >= 0.3 is 0 Å². The van der Waals surface area contributed by atoms with Gasteiger partial charge in [-0.3, -0.25) is 4.79 Å². The molecule has 0 aliphatic rings. The average Bonchev–Trinajstić information content (AvgIpc) is 2.10. The van der Waals surface area contributed by atoms with Crippen LogP contribution in [0.1, 0.15) is 26.7 Å². The molecule has 2 atom stereocenters. The van der Waals surface area contributed by atoms with E-state index in [-0.39, 0.29) is 17.9 Å². The molecule has 0 aliphatic carbocycles. The maximum absolute atomic E-state index is 11.3. The highest BCUT2D eigenvalue weighted by molar-refractivity contribution is 5.78. The summed E-state index contributed by atoms with van der Waals surface area (Å²) in [6, 6.07) is 1.89. The van der Waals surface area contributed by atoms with Crippen molar-refractivity contribution in [1.29, 1.82) is 5.26 Å². The number of rotatable bonds is 5. The number of amides is 1. The summed E-state index contributed by atoms with van der Waals surface area (Å²) >= 11 is 0. The number of nitrogens with two attached hydrogens (primary N) is 1. The summed E-state index contributed by atoms with van der Waals surface area (Å²) < 4.78 is 0. The van der Waals surface area contributed by atoms with E-state index in [9.17, 15) is 4.79 Å². The van der Waals surface area contributed by atoms with E-state index in [0.717, 1.165) is 0 Å². The van der Waals surface area contributed by atoms with Crippen LogP contribution in [0.3, 0.4) is 0 Å². The summed E-state index contributed by atoms with van der Waals surface area (Å²) in [6.07, 6.45) is 1.18. The molecule has 3 N–H and O–H groups in total. The van der Waals surface area contributed by atoms with Gasteiger partial charge in [0.2, 0.25) is 5.91 Å². The van der Waals surface area contributed by atoms with Crippen LogP contribution in [0.4, 0.5) is 0 Å². The first kappa shape index (κ1) is 11.9.